The summed E-state index contributed by atoms with van der Waals surface area (Å²) in [5, 5.41) is 2.73. The van der Waals surface area contributed by atoms with Gasteiger partial charge in [0.25, 0.3) is 5.56 Å². The first-order chi connectivity index (χ1) is 18.1. The van der Waals surface area contributed by atoms with E-state index in [4.69, 9.17) is 21.0 Å². The lowest BCUT2D eigenvalue weighted by Crippen LogP contribution is -2.38. The minimum Gasteiger partial charge on any atom is -0.457 e. The van der Waals surface area contributed by atoms with Crippen molar-refractivity contribution in [2.24, 2.45) is 4.99 Å². The Hall–Kier alpha value is -3.45. The molecule has 0 amide bonds. The van der Waals surface area contributed by atoms with Crippen LogP contribution in [0.1, 0.15) is 39.8 Å². The van der Waals surface area contributed by atoms with Crippen LogP contribution in [-0.4, -0.2) is 4.57 Å². The number of nitrogens with zero attached hydrogens (tertiary/aromatic N) is 2. The SMILES string of the molecule is Cc1ccc(Cl)cc1-c1ccc(/C=c2/sc3n(c2=O)[C@@H](c2cccs2)C2=C(N=3)c3ccccc3CC2)o1. The maximum absolute atomic E-state index is 13.8. The highest BCUT2D eigenvalue weighted by Crippen LogP contribution is 2.42. The molecule has 0 radical (unpaired) electrons. The van der Waals surface area contributed by atoms with Gasteiger partial charge >= 0.3 is 0 Å². The molecule has 3 aromatic heterocycles. The molecule has 0 fully saturated rings. The lowest BCUT2D eigenvalue weighted by Gasteiger charge is -2.30. The molecule has 4 nitrogen and oxygen atoms in total. The van der Waals surface area contributed by atoms with Gasteiger partial charge in [0.2, 0.25) is 0 Å². The molecule has 0 saturated heterocycles. The Bertz CT molecular complexity index is 1890. The first kappa shape index (κ1) is 22.7. The van der Waals surface area contributed by atoms with Gasteiger partial charge in [0.1, 0.15) is 11.5 Å². The van der Waals surface area contributed by atoms with Gasteiger partial charge in [-0.15, -0.1) is 11.3 Å². The van der Waals surface area contributed by atoms with Crippen LogP contribution in [0.2, 0.25) is 5.02 Å². The van der Waals surface area contributed by atoms with Crippen LogP contribution in [-0.2, 0) is 6.42 Å². The van der Waals surface area contributed by atoms with Gasteiger partial charge in [-0.1, -0.05) is 59.3 Å². The summed E-state index contributed by atoms with van der Waals surface area (Å²) in [6.07, 6.45) is 3.67. The molecule has 0 N–H and O–H groups in total. The van der Waals surface area contributed by atoms with Crippen LogP contribution in [0.3, 0.4) is 0 Å². The monoisotopic (exact) mass is 540 g/mol. The number of hydrogen-bond donors (Lipinski definition) is 0. The highest BCUT2D eigenvalue weighted by molar-refractivity contribution is 7.10. The lowest BCUT2D eigenvalue weighted by molar-refractivity contribution is 0.570. The maximum atomic E-state index is 13.8. The zero-order chi connectivity index (χ0) is 25.1. The third-order valence-electron chi connectivity index (χ3n) is 7.05. The van der Waals surface area contributed by atoms with Crippen molar-refractivity contribution in [3.8, 4) is 11.3 Å². The number of benzene rings is 2. The summed E-state index contributed by atoms with van der Waals surface area (Å²) in [5.41, 5.74) is 6.71. The molecule has 7 heteroatoms. The second-order valence-corrected chi connectivity index (χ2v) is 11.7. The quantitative estimate of drug-likeness (QED) is 0.259. The summed E-state index contributed by atoms with van der Waals surface area (Å²) in [5.74, 6) is 1.35. The van der Waals surface area contributed by atoms with E-state index in [1.54, 1.807) is 11.3 Å². The Kier molecular flexibility index (Phi) is 5.43. The van der Waals surface area contributed by atoms with Gasteiger partial charge < -0.3 is 4.42 Å². The Morgan fingerprint density at radius 3 is 2.81 bits per heavy atom. The van der Waals surface area contributed by atoms with Crippen LogP contribution in [0.4, 0.5) is 0 Å². The van der Waals surface area contributed by atoms with E-state index in [-0.39, 0.29) is 11.6 Å². The number of aryl methyl sites for hydroxylation is 2. The molecule has 37 heavy (non-hydrogen) atoms. The Balaban J connectivity index is 1.39. The summed E-state index contributed by atoms with van der Waals surface area (Å²) in [6.45, 7) is 2.02. The predicted octanol–water partition coefficient (Wildman–Crippen LogP) is 6.60. The molecule has 0 spiro atoms. The number of thiazole rings is 1. The number of rotatable bonds is 3. The highest BCUT2D eigenvalue weighted by Gasteiger charge is 2.33. The zero-order valence-electron chi connectivity index (χ0n) is 19.9. The third-order valence-corrected chi connectivity index (χ3v) is 9.19. The summed E-state index contributed by atoms with van der Waals surface area (Å²) >= 11 is 9.32. The Morgan fingerprint density at radius 1 is 1.05 bits per heavy atom. The molecule has 5 aromatic rings. The van der Waals surface area contributed by atoms with Crippen molar-refractivity contribution in [2.75, 3.05) is 0 Å². The summed E-state index contributed by atoms with van der Waals surface area (Å²) in [6, 6.07) is 22.1. The van der Waals surface area contributed by atoms with E-state index in [1.165, 1.54) is 28.0 Å². The number of halogens is 1. The molecule has 1 aliphatic carbocycles. The molecule has 0 saturated carbocycles. The third kappa shape index (κ3) is 3.79. The van der Waals surface area contributed by atoms with E-state index in [1.807, 2.05) is 47.9 Å². The minimum absolute atomic E-state index is 0.0376. The number of furan rings is 1. The largest absolute Gasteiger partial charge is 0.457 e. The normalized spacial score (nSPS) is 16.8. The molecule has 7 rings (SSSR count). The fraction of sp³-hybridized carbons (Fsp3) is 0.133. The van der Waals surface area contributed by atoms with Crippen molar-refractivity contribution in [1.82, 2.24) is 4.57 Å². The second-order valence-electron chi connectivity index (χ2n) is 9.29. The minimum atomic E-state index is -0.136. The molecular formula is C30H21ClN2O2S2. The summed E-state index contributed by atoms with van der Waals surface area (Å²) < 4.78 is 8.63. The van der Waals surface area contributed by atoms with Crippen LogP contribution in [0.15, 0.2) is 91.9 Å². The van der Waals surface area contributed by atoms with Gasteiger partial charge in [-0.2, -0.15) is 0 Å². The van der Waals surface area contributed by atoms with E-state index in [0.717, 1.165) is 45.1 Å². The van der Waals surface area contributed by atoms with E-state index in [2.05, 4.69) is 41.8 Å². The molecule has 0 unspecified atom stereocenters. The van der Waals surface area contributed by atoms with Crippen molar-refractivity contribution in [1.29, 1.82) is 0 Å². The standard InChI is InChI=1S/C30H21ClN2O2S2/c1-17-8-10-19(31)15-23(17)24-13-11-20(35-24)16-26-29(34)33-28(25-7-4-14-36-25)22-12-9-18-5-2-3-6-21(18)27(22)32-30(33)37-26/h2-8,10-11,13-16,28H,9,12H2,1H3/b26-16+/t28-/m1/s1. The molecule has 2 aromatic carbocycles. The number of thiophene rings is 1. The van der Waals surface area contributed by atoms with Gasteiger partial charge in [-0.3, -0.25) is 9.36 Å². The van der Waals surface area contributed by atoms with Gasteiger partial charge in [0, 0.05) is 27.1 Å². The molecule has 182 valence electrons. The number of hydrogen-bond acceptors (Lipinski definition) is 5. The van der Waals surface area contributed by atoms with Gasteiger partial charge in [0.05, 0.1) is 16.3 Å². The van der Waals surface area contributed by atoms with Crippen molar-refractivity contribution < 1.29 is 4.42 Å². The van der Waals surface area contributed by atoms with E-state index in [9.17, 15) is 4.79 Å². The number of aromatic nitrogens is 1. The molecule has 2 aliphatic rings. The van der Waals surface area contributed by atoms with Crippen LogP contribution >= 0.6 is 34.3 Å². The number of fused-ring (bicyclic) bond motifs is 3. The van der Waals surface area contributed by atoms with E-state index in [0.29, 0.717) is 15.3 Å². The van der Waals surface area contributed by atoms with Crippen molar-refractivity contribution in [3.63, 3.8) is 0 Å². The average Bonchev–Trinajstić information content (AvgIpc) is 3.66. The smallest absolute Gasteiger partial charge is 0.271 e. The molecule has 1 atom stereocenters. The first-order valence-electron chi connectivity index (χ1n) is 12.1. The number of allylic oxidation sites excluding steroid dienone is 1. The van der Waals surface area contributed by atoms with Crippen molar-refractivity contribution in [3.05, 3.63) is 130 Å². The molecule has 0 bridgehead atoms. The topological polar surface area (TPSA) is 47.5 Å². The Labute approximate surface area is 226 Å². The predicted molar refractivity (Wildman–Crippen MR) is 151 cm³/mol. The van der Waals surface area contributed by atoms with Crippen LogP contribution in [0, 0.1) is 6.92 Å². The van der Waals surface area contributed by atoms with Crippen molar-refractivity contribution in [2.45, 2.75) is 25.8 Å². The van der Waals surface area contributed by atoms with Crippen LogP contribution in [0.25, 0.3) is 23.1 Å². The molecule has 4 heterocycles. The zero-order valence-corrected chi connectivity index (χ0v) is 22.3. The fourth-order valence-electron chi connectivity index (χ4n) is 5.28. The second kappa shape index (κ2) is 8.84. The van der Waals surface area contributed by atoms with E-state index < -0.39 is 0 Å². The van der Waals surface area contributed by atoms with E-state index >= 15 is 0 Å². The first-order valence-corrected chi connectivity index (χ1v) is 14.2. The molecular weight excluding hydrogens is 520 g/mol. The highest BCUT2D eigenvalue weighted by atomic mass is 35.5. The van der Waals surface area contributed by atoms with Gasteiger partial charge in [-0.05, 0) is 72.2 Å². The lowest BCUT2D eigenvalue weighted by atomic mass is 9.85. The summed E-state index contributed by atoms with van der Waals surface area (Å²) in [4.78, 5) is 20.8. The van der Waals surface area contributed by atoms with Gasteiger partial charge in [-0.25, -0.2) is 4.99 Å². The van der Waals surface area contributed by atoms with Crippen LogP contribution < -0.4 is 14.9 Å². The average molecular weight is 541 g/mol. The van der Waals surface area contributed by atoms with Crippen molar-refractivity contribution >= 4 is 46.0 Å². The Morgan fingerprint density at radius 2 is 1.95 bits per heavy atom. The maximum Gasteiger partial charge on any atom is 0.271 e. The van der Waals surface area contributed by atoms with Gasteiger partial charge in [0.15, 0.2) is 4.80 Å². The fourth-order valence-corrected chi connectivity index (χ4v) is 7.28. The summed E-state index contributed by atoms with van der Waals surface area (Å²) in [7, 11) is 0. The molecule has 1 aliphatic heterocycles. The van der Waals surface area contributed by atoms with Crippen LogP contribution in [0.5, 0.6) is 0 Å².